The number of allylic oxidation sites excluding steroid dienone is 1. The van der Waals surface area contributed by atoms with Crippen molar-refractivity contribution >= 4 is 59.1 Å². The van der Waals surface area contributed by atoms with E-state index in [1.165, 1.54) is 45.1 Å². The van der Waals surface area contributed by atoms with Crippen LogP contribution in [0.4, 0.5) is 0 Å². The smallest absolute Gasteiger partial charge is 0.536 e. The maximum Gasteiger partial charge on any atom is 0.546 e. The molecular weight excluding hydrogens is 1150 g/mol. The molecule has 0 saturated carbocycles. The summed E-state index contributed by atoms with van der Waals surface area (Å²) in [6.07, 6.45) is 6.49. The van der Waals surface area contributed by atoms with Gasteiger partial charge in [0.05, 0.1) is 19.7 Å². The SMILES string of the molecule is CB1OCc2cc(C(C)(C)C)ccc21.CB1OCc2ccc(C(C)(C)C)cc21.CC(C)(C)C1=CCOB1O.CC(C)(C)C1=NCB(O)O1.CC(C)(C)C1CCB(O)O1.CC(C)(C)c1ccc2c(c1)OB(O)C2.CC(C)(C)c1ncn[nH]1.CC(C)(C)c1noc(=O)[nH]1. The number of benzene rings is 3. The van der Waals surface area contributed by atoms with E-state index in [-0.39, 0.29) is 63.3 Å². The van der Waals surface area contributed by atoms with Crippen molar-refractivity contribution in [2.75, 3.05) is 13.1 Å². The predicted molar refractivity (Wildman–Crippen MR) is 375 cm³/mol. The topological polar surface area (TPSA) is 249 Å². The van der Waals surface area contributed by atoms with Crippen LogP contribution in [0.25, 0.3) is 0 Å². The number of nitrogens with one attached hydrogen (secondary N) is 2. The highest BCUT2D eigenvalue weighted by Gasteiger charge is 2.37. The second kappa shape index (κ2) is 31.8. The highest BCUT2D eigenvalue weighted by Crippen LogP contribution is 2.34. The molecule has 2 aromatic heterocycles. The molecule has 1 fully saturated rings. The Hall–Kier alpha value is -5.18. The van der Waals surface area contributed by atoms with E-state index in [4.69, 9.17) is 38.0 Å². The minimum absolute atomic E-state index is 0.0376. The van der Waals surface area contributed by atoms with E-state index in [2.05, 4.69) is 216 Å². The third-order valence-electron chi connectivity index (χ3n) is 15.7. The van der Waals surface area contributed by atoms with E-state index < -0.39 is 34.2 Å². The number of aliphatic imine (C=N–C) groups is 1. The summed E-state index contributed by atoms with van der Waals surface area (Å²) in [4.78, 5) is 21.0. The minimum Gasteiger partial charge on any atom is -0.536 e. The van der Waals surface area contributed by atoms with Gasteiger partial charge in [0.15, 0.2) is 11.7 Å². The molecule has 0 radical (unpaired) electrons. The monoisotopic (exact) mass is 1260 g/mol. The van der Waals surface area contributed by atoms with Crippen LogP contribution < -0.4 is 21.3 Å². The molecule has 0 aliphatic carbocycles. The van der Waals surface area contributed by atoms with Crippen LogP contribution in [0.5, 0.6) is 5.75 Å². The third kappa shape index (κ3) is 25.2. The quantitative estimate of drug-likeness (QED) is 0.0789. The molecule has 1 saturated heterocycles. The number of fused-ring (bicyclic) bond motifs is 3. The lowest BCUT2D eigenvalue weighted by Crippen LogP contribution is -2.27. The molecule has 18 nitrogen and oxygen atoms in total. The van der Waals surface area contributed by atoms with Crippen molar-refractivity contribution in [1.29, 1.82) is 0 Å². The molecular formula is C67H110B6N6O12. The summed E-state index contributed by atoms with van der Waals surface area (Å²) in [5.41, 5.74) is 12.3. The van der Waals surface area contributed by atoms with E-state index in [9.17, 15) is 14.8 Å². The Bertz CT molecular complexity index is 3190. The van der Waals surface area contributed by atoms with Crippen LogP contribution in [0.3, 0.4) is 0 Å². The Morgan fingerprint density at radius 3 is 1.47 bits per heavy atom. The highest BCUT2D eigenvalue weighted by molar-refractivity contribution is 6.68. The zero-order chi connectivity index (χ0) is 69.0. The van der Waals surface area contributed by atoms with Crippen molar-refractivity contribution in [2.45, 2.75) is 245 Å². The lowest BCUT2D eigenvalue weighted by atomic mass is 9.63. The van der Waals surface area contributed by atoms with Gasteiger partial charge in [-0.2, -0.15) is 5.10 Å². The Kier molecular flexibility index (Phi) is 27.4. The standard InChI is InChI=1S/2C12H17BO.C11H15BO2.C7H13BO2.C7H15BO2.C6H12BNO2.C6H11N3.C6H10N2O2/c1-12(2,3)10-5-6-11-9(7-10)8-14-13(11)4;1-12(2,3)10-6-5-9-8-14-13(4)11(9)7-10;1-11(2,3)9-5-4-8-7-12(13)14-10(8)6-9;1-7(2,3)6-4-5-10-8(6)9;1-7(2,3)6-4-5-8(9)10-6;1-6(2,3)5-8-4-7(9)10-5;1-6(2,3)5-7-4-8-9-5;1-6(2,3)4-7-5(9)10-8-4/h2*5-7H,8H2,1-4H3;4-6,13H,7H2,1-3H3;4,9H,5H2,1-3H3;6,9H,4-5H2,1-3H3;9H,4H2,1-3H3;4H,1-3H3,(H,7,8,9);1-3H3,(H,7,8,9). The number of aromatic amines is 2. The van der Waals surface area contributed by atoms with Crippen LogP contribution >= 0.6 is 0 Å². The van der Waals surface area contributed by atoms with Crippen LogP contribution in [0.1, 0.15) is 218 Å². The van der Waals surface area contributed by atoms with Gasteiger partial charge in [-0.1, -0.05) is 240 Å². The third-order valence-corrected chi connectivity index (χ3v) is 15.7. The Morgan fingerprint density at radius 1 is 0.549 bits per heavy atom. The molecule has 91 heavy (non-hydrogen) atoms. The Labute approximate surface area is 547 Å². The Balaban J connectivity index is 0.000000223. The number of hydrogen-bond donors (Lipinski definition) is 6. The predicted octanol–water partition coefficient (Wildman–Crippen LogP) is 11.2. The van der Waals surface area contributed by atoms with Crippen molar-refractivity contribution in [1.82, 2.24) is 25.3 Å². The maximum absolute atomic E-state index is 10.5. The maximum atomic E-state index is 10.5. The lowest BCUT2D eigenvalue weighted by Gasteiger charge is -2.26. The van der Waals surface area contributed by atoms with E-state index in [1.54, 1.807) is 0 Å². The van der Waals surface area contributed by atoms with Crippen molar-refractivity contribution in [2.24, 2.45) is 21.2 Å². The van der Waals surface area contributed by atoms with Gasteiger partial charge in [-0.3, -0.25) is 19.6 Å². The largest absolute Gasteiger partial charge is 0.546 e. The second-order valence-corrected chi connectivity index (χ2v) is 32.4. The first-order chi connectivity index (χ1) is 41.5. The fourth-order valence-electron chi connectivity index (χ4n) is 9.70. The van der Waals surface area contributed by atoms with Crippen molar-refractivity contribution in [3.05, 3.63) is 128 Å². The molecule has 24 heteroatoms. The van der Waals surface area contributed by atoms with Crippen LogP contribution in [0, 0.1) is 16.2 Å². The lowest BCUT2D eigenvalue weighted by molar-refractivity contribution is 0.0909. The van der Waals surface area contributed by atoms with Gasteiger partial charge in [0, 0.05) is 35.3 Å². The Morgan fingerprint density at radius 2 is 1.09 bits per heavy atom. The van der Waals surface area contributed by atoms with Gasteiger partial charge in [0.2, 0.25) is 0 Å². The summed E-state index contributed by atoms with van der Waals surface area (Å²) in [5, 5.41) is 46.6. The van der Waals surface area contributed by atoms with Crippen molar-refractivity contribution < 1.29 is 52.5 Å². The molecule has 11 rings (SSSR count). The second-order valence-electron chi connectivity index (χ2n) is 32.4. The number of H-pyrrole nitrogens is 2. The molecule has 1 unspecified atom stereocenters. The highest BCUT2D eigenvalue weighted by atomic mass is 16.5. The van der Waals surface area contributed by atoms with Gasteiger partial charge < -0.3 is 48.0 Å². The molecule has 8 heterocycles. The summed E-state index contributed by atoms with van der Waals surface area (Å²) in [5.74, 6) is 2.51. The van der Waals surface area contributed by atoms with Gasteiger partial charge in [0.1, 0.15) is 17.9 Å². The number of aromatic nitrogens is 5. The average Bonchev–Trinajstić information content (AvgIpc) is 1.78. The van der Waals surface area contributed by atoms with Gasteiger partial charge in [0.25, 0.3) is 0 Å². The normalized spacial score (nSPS) is 17.0. The number of nitrogens with zero attached hydrogens (tertiary/aromatic N) is 4. The van der Waals surface area contributed by atoms with Crippen molar-refractivity contribution in [3.8, 4) is 5.75 Å². The summed E-state index contributed by atoms with van der Waals surface area (Å²) in [6, 6.07) is 19.7. The van der Waals surface area contributed by atoms with E-state index in [0.717, 1.165) is 48.6 Å². The van der Waals surface area contributed by atoms with Gasteiger partial charge in [-0.05, 0) is 95.7 Å². The first-order valence-corrected chi connectivity index (χ1v) is 32.2. The fraction of sp³-hybridized carbons (Fsp3) is 0.627. The molecule has 0 spiro atoms. The summed E-state index contributed by atoms with van der Waals surface area (Å²) in [7, 11) is -2.54. The average molecular weight is 1260 g/mol. The minimum atomic E-state index is -0.714. The fourth-order valence-corrected chi connectivity index (χ4v) is 9.70. The molecule has 6 aliphatic rings. The van der Waals surface area contributed by atoms with E-state index in [1.807, 2.05) is 59.8 Å². The summed E-state index contributed by atoms with van der Waals surface area (Å²) in [6.45, 7) is 57.6. The first-order valence-electron chi connectivity index (χ1n) is 32.2. The summed E-state index contributed by atoms with van der Waals surface area (Å²) >= 11 is 0. The van der Waals surface area contributed by atoms with Crippen molar-refractivity contribution in [3.63, 3.8) is 0 Å². The van der Waals surface area contributed by atoms with Crippen LogP contribution in [0.15, 0.2) is 86.8 Å². The molecule has 498 valence electrons. The van der Waals surface area contributed by atoms with E-state index in [0.29, 0.717) is 31.1 Å². The number of hydrogen-bond acceptors (Lipinski definition) is 16. The van der Waals surface area contributed by atoms with E-state index >= 15 is 0 Å². The molecule has 0 bridgehead atoms. The molecule has 0 amide bonds. The zero-order valence-corrected chi connectivity index (χ0v) is 60.2. The molecule has 3 aromatic carbocycles. The molecule has 6 N–H and O–H groups in total. The molecule has 5 aromatic rings. The number of rotatable bonds is 0. The van der Waals surface area contributed by atoms with Gasteiger partial charge in [-0.25, -0.2) is 9.78 Å². The summed E-state index contributed by atoms with van der Waals surface area (Å²) < 4.78 is 36.1. The molecule has 1 atom stereocenters. The zero-order valence-electron chi connectivity index (χ0n) is 60.2. The van der Waals surface area contributed by atoms with Gasteiger partial charge in [-0.15, -0.1) is 0 Å². The van der Waals surface area contributed by atoms with Crippen LogP contribution in [0.2, 0.25) is 20.0 Å². The van der Waals surface area contributed by atoms with Gasteiger partial charge >= 0.3 is 48.1 Å². The van der Waals surface area contributed by atoms with Crippen LogP contribution in [-0.2, 0) is 69.9 Å². The molecule has 6 aliphatic heterocycles. The van der Waals surface area contributed by atoms with Crippen LogP contribution in [-0.4, -0.2) is 113 Å². The first kappa shape index (κ1) is 78.3.